The Bertz CT molecular complexity index is 143. The standard InChI is InChI=1S/C7H13NOS/c1-6(5-7(2)9)8-3-4-10/h5,8,10H,3-4H2,1-2H3/b6-5+. The number of hydrogen-bond acceptors (Lipinski definition) is 3. The van der Waals surface area contributed by atoms with Crippen molar-refractivity contribution in [3.8, 4) is 0 Å². The van der Waals surface area contributed by atoms with Crippen LogP contribution in [0.5, 0.6) is 0 Å². The second-order valence-electron chi connectivity index (χ2n) is 2.09. The molecule has 0 aromatic rings. The highest BCUT2D eigenvalue weighted by atomic mass is 32.1. The first kappa shape index (κ1) is 9.56. The Balaban J connectivity index is 3.60. The zero-order chi connectivity index (χ0) is 7.98. The van der Waals surface area contributed by atoms with Gasteiger partial charge in [0.25, 0.3) is 0 Å². The van der Waals surface area contributed by atoms with Gasteiger partial charge in [0, 0.05) is 18.0 Å². The molecular formula is C7H13NOS. The van der Waals surface area contributed by atoms with Crippen LogP contribution in [0.15, 0.2) is 11.8 Å². The Morgan fingerprint density at radius 2 is 2.20 bits per heavy atom. The maximum Gasteiger partial charge on any atom is 0.154 e. The van der Waals surface area contributed by atoms with E-state index in [9.17, 15) is 4.79 Å². The molecule has 0 aliphatic rings. The van der Waals surface area contributed by atoms with Gasteiger partial charge in [-0.2, -0.15) is 12.6 Å². The van der Waals surface area contributed by atoms with Crippen molar-refractivity contribution in [1.82, 2.24) is 5.32 Å². The van der Waals surface area contributed by atoms with E-state index >= 15 is 0 Å². The van der Waals surface area contributed by atoms with Crippen LogP contribution in [-0.2, 0) is 4.79 Å². The summed E-state index contributed by atoms with van der Waals surface area (Å²) < 4.78 is 0. The zero-order valence-corrected chi connectivity index (χ0v) is 7.24. The fourth-order valence-electron chi connectivity index (χ4n) is 0.609. The van der Waals surface area contributed by atoms with E-state index in [1.54, 1.807) is 6.08 Å². The van der Waals surface area contributed by atoms with E-state index in [0.29, 0.717) is 0 Å². The van der Waals surface area contributed by atoms with Gasteiger partial charge in [0.1, 0.15) is 0 Å². The van der Waals surface area contributed by atoms with Crippen molar-refractivity contribution in [2.24, 2.45) is 0 Å². The summed E-state index contributed by atoms with van der Waals surface area (Å²) in [4.78, 5) is 10.5. The fourth-order valence-corrected chi connectivity index (χ4v) is 0.721. The molecule has 0 heterocycles. The normalized spacial score (nSPS) is 11.3. The van der Waals surface area contributed by atoms with Gasteiger partial charge < -0.3 is 5.32 Å². The van der Waals surface area contributed by atoms with Gasteiger partial charge in [-0.1, -0.05) is 0 Å². The van der Waals surface area contributed by atoms with Gasteiger partial charge in [-0.25, -0.2) is 0 Å². The molecule has 0 aliphatic carbocycles. The molecule has 58 valence electrons. The van der Waals surface area contributed by atoms with Crippen molar-refractivity contribution in [3.63, 3.8) is 0 Å². The number of carbonyl (C=O) groups is 1. The Morgan fingerprint density at radius 3 is 2.60 bits per heavy atom. The average molecular weight is 159 g/mol. The SMILES string of the molecule is CC(=O)/C=C(\C)NCCS. The number of carbonyl (C=O) groups excluding carboxylic acids is 1. The summed E-state index contributed by atoms with van der Waals surface area (Å²) in [6, 6.07) is 0. The maximum absolute atomic E-state index is 10.5. The van der Waals surface area contributed by atoms with Crippen LogP contribution in [0, 0.1) is 0 Å². The first-order valence-electron chi connectivity index (χ1n) is 3.20. The van der Waals surface area contributed by atoms with Gasteiger partial charge in [-0.05, 0) is 19.9 Å². The van der Waals surface area contributed by atoms with Crippen molar-refractivity contribution in [2.45, 2.75) is 13.8 Å². The van der Waals surface area contributed by atoms with E-state index in [-0.39, 0.29) is 5.78 Å². The Hall–Kier alpha value is -0.440. The minimum absolute atomic E-state index is 0.0733. The quantitative estimate of drug-likeness (QED) is 0.473. The Labute approximate surface area is 67.1 Å². The summed E-state index contributed by atoms with van der Waals surface area (Å²) >= 11 is 4.01. The van der Waals surface area contributed by atoms with Crippen molar-refractivity contribution >= 4 is 18.4 Å². The molecule has 0 radical (unpaired) electrons. The van der Waals surface area contributed by atoms with E-state index in [1.165, 1.54) is 6.92 Å². The van der Waals surface area contributed by atoms with Crippen LogP contribution in [0.1, 0.15) is 13.8 Å². The van der Waals surface area contributed by atoms with E-state index in [1.807, 2.05) is 6.92 Å². The van der Waals surface area contributed by atoms with E-state index in [2.05, 4.69) is 17.9 Å². The molecule has 0 spiro atoms. The summed E-state index contributed by atoms with van der Waals surface area (Å²) in [5.74, 6) is 0.854. The number of rotatable bonds is 4. The van der Waals surface area contributed by atoms with Crippen LogP contribution >= 0.6 is 12.6 Å². The largest absolute Gasteiger partial charge is 0.388 e. The van der Waals surface area contributed by atoms with Crippen molar-refractivity contribution in [3.05, 3.63) is 11.8 Å². The van der Waals surface area contributed by atoms with Crippen molar-refractivity contribution in [1.29, 1.82) is 0 Å². The highest BCUT2D eigenvalue weighted by molar-refractivity contribution is 7.80. The highest BCUT2D eigenvalue weighted by Gasteiger charge is 1.88. The lowest BCUT2D eigenvalue weighted by Gasteiger charge is -2.01. The topological polar surface area (TPSA) is 29.1 Å². The van der Waals surface area contributed by atoms with Gasteiger partial charge in [0.15, 0.2) is 5.78 Å². The number of hydrogen-bond donors (Lipinski definition) is 2. The lowest BCUT2D eigenvalue weighted by atomic mass is 10.3. The first-order valence-corrected chi connectivity index (χ1v) is 3.83. The molecule has 1 N–H and O–H groups in total. The van der Waals surface area contributed by atoms with Crippen molar-refractivity contribution < 1.29 is 4.79 Å². The molecule has 0 saturated carbocycles. The minimum Gasteiger partial charge on any atom is -0.388 e. The van der Waals surface area contributed by atoms with Gasteiger partial charge >= 0.3 is 0 Å². The summed E-state index contributed by atoms with van der Waals surface area (Å²) in [7, 11) is 0. The van der Waals surface area contributed by atoms with E-state index in [4.69, 9.17) is 0 Å². The third-order valence-electron chi connectivity index (χ3n) is 0.935. The van der Waals surface area contributed by atoms with E-state index < -0.39 is 0 Å². The van der Waals surface area contributed by atoms with Gasteiger partial charge in [0.2, 0.25) is 0 Å². The molecule has 0 saturated heterocycles. The molecular weight excluding hydrogens is 146 g/mol. The Kier molecular flexibility index (Phi) is 5.12. The minimum atomic E-state index is 0.0733. The third-order valence-corrected chi connectivity index (χ3v) is 1.16. The second-order valence-corrected chi connectivity index (χ2v) is 2.54. The zero-order valence-electron chi connectivity index (χ0n) is 6.35. The Morgan fingerprint density at radius 1 is 1.60 bits per heavy atom. The average Bonchev–Trinajstić information content (AvgIpc) is 1.82. The lowest BCUT2D eigenvalue weighted by molar-refractivity contribution is -0.112. The summed E-state index contributed by atoms with van der Waals surface area (Å²) in [5, 5.41) is 3.03. The molecule has 0 aromatic carbocycles. The predicted octanol–water partition coefficient (Wildman–Crippen LogP) is 0.999. The van der Waals surface area contributed by atoms with Crippen LogP contribution < -0.4 is 5.32 Å². The van der Waals surface area contributed by atoms with Gasteiger partial charge in [0.05, 0.1) is 0 Å². The van der Waals surface area contributed by atoms with Crippen LogP contribution in [0.2, 0.25) is 0 Å². The fraction of sp³-hybridized carbons (Fsp3) is 0.571. The molecule has 2 nitrogen and oxygen atoms in total. The van der Waals surface area contributed by atoms with E-state index in [0.717, 1.165) is 18.0 Å². The summed E-state index contributed by atoms with van der Waals surface area (Å²) in [5.41, 5.74) is 0.904. The molecule has 0 fully saturated rings. The molecule has 0 aromatic heterocycles. The molecule has 0 atom stereocenters. The number of nitrogens with one attached hydrogen (secondary N) is 1. The number of ketones is 1. The summed E-state index contributed by atoms with van der Waals surface area (Å²) in [6.45, 7) is 4.20. The van der Waals surface area contributed by atoms with Crippen LogP contribution in [-0.4, -0.2) is 18.1 Å². The second kappa shape index (κ2) is 5.35. The highest BCUT2D eigenvalue weighted by Crippen LogP contribution is 1.86. The maximum atomic E-state index is 10.5. The first-order chi connectivity index (χ1) is 4.66. The summed E-state index contributed by atoms with van der Waals surface area (Å²) in [6.07, 6.45) is 1.57. The van der Waals surface area contributed by atoms with Crippen LogP contribution in [0.4, 0.5) is 0 Å². The lowest BCUT2D eigenvalue weighted by Crippen LogP contribution is -2.14. The number of allylic oxidation sites excluding steroid dienone is 2. The van der Waals surface area contributed by atoms with Crippen molar-refractivity contribution in [2.75, 3.05) is 12.3 Å². The van der Waals surface area contributed by atoms with Crippen LogP contribution in [0.25, 0.3) is 0 Å². The molecule has 0 amide bonds. The molecule has 10 heavy (non-hydrogen) atoms. The monoisotopic (exact) mass is 159 g/mol. The molecule has 0 unspecified atom stereocenters. The number of thiol groups is 1. The molecule has 0 bridgehead atoms. The third kappa shape index (κ3) is 5.69. The molecule has 0 rings (SSSR count). The predicted molar refractivity (Wildman–Crippen MR) is 46.3 cm³/mol. The van der Waals surface area contributed by atoms with Crippen LogP contribution in [0.3, 0.4) is 0 Å². The molecule has 3 heteroatoms. The smallest absolute Gasteiger partial charge is 0.154 e. The van der Waals surface area contributed by atoms with Gasteiger partial charge in [-0.3, -0.25) is 4.79 Å². The van der Waals surface area contributed by atoms with Gasteiger partial charge in [-0.15, -0.1) is 0 Å². The molecule has 0 aliphatic heterocycles.